The molecule has 2 rings (SSSR count). The maximum absolute atomic E-state index is 6.39. The van der Waals surface area contributed by atoms with E-state index in [-0.39, 0.29) is 6.04 Å². The minimum absolute atomic E-state index is 0.0402. The van der Waals surface area contributed by atoms with Gasteiger partial charge in [0.05, 0.1) is 34.5 Å². The topological polar surface area (TPSA) is 46.0 Å². The molecule has 0 spiro atoms. The maximum atomic E-state index is 6.39. The Labute approximate surface area is 134 Å². The normalized spacial score (nSPS) is 13.0. The molecular weight excluding hydrogens is 306 g/mol. The Morgan fingerprint density at radius 3 is 2.76 bits per heavy atom. The molecule has 1 atom stereocenters. The number of nitrogens with zero attached hydrogens (tertiary/aromatic N) is 4. The van der Waals surface area contributed by atoms with E-state index in [2.05, 4.69) is 41.3 Å². The summed E-state index contributed by atoms with van der Waals surface area (Å²) < 4.78 is 1.99. The van der Waals surface area contributed by atoms with Gasteiger partial charge in [-0.2, -0.15) is 5.10 Å². The molecule has 0 saturated carbocycles. The van der Waals surface area contributed by atoms with Crippen LogP contribution in [-0.2, 0) is 6.54 Å². The number of aryl methyl sites for hydroxylation is 1. The lowest BCUT2D eigenvalue weighted by Gasteiger charge is -2.19. The molecule has 5 nitrogen and oxygen atoms in total. The van der Waals surface area contributed by atoms with Crippen LogP contribution in [0.15, 0.2) is 12.4 Å². The lowest BCUT2D eigenvalue weighted by Crippen LogP contribution is -2.27. The highest BCUT2D eigenvalue weighted by atomic mass is 35.5. The minimum atomic E-state index is 0.0402. The van der Waals surface area contributed by atoms with Crippen molar-refractivity contribution in [3.8, 4) is 0 Å². The Morgan fingerprint density at radius 1 is 1.43 bits per heavy atom. The SMILES string of the molecule is CCNC(c1cnc(C)s1)c1c(Cl)cnn1CCN(C)C. The Balaban J connectivity index is 2.33. The van der Waals surface area contributed by atoms with E-state index in [0.29, 0.717) is 5.02 Å². The van der Waals surface area contributed by atoms with Crippen molar-refractivity contribution in [1.29, 1.82) is 0 Å². The molecule has 0 radical (unpaired) electrons. The van der Waals surface area contributed by atoms with Crippen LogP contribution in [0.4, 0.5) is 0 Å². The van der Waals surface area contributed by atoms with Gasteiger partial charge in [0.25, 0.3) is 0 Å². The van der Waals surface area contributed by atoms with Crippen LogP contribution in [-0.4, -0.2) is 46.8 Å². The average molecular weight is 328 g/mol. The molecule has 0 fully saturated rings. The second kappa shape index (κ2) is 7.35. The first-order valence-corrected chi connectivity index (χ1v) is 8.24. The van der Waals surface area contributed by atoms with Crippen molar-refractivity contribution < 1.29 is 0 Å². The van der Waals surface area contributed by atoms with Gasteiger partial charge in [0.2, 0.25) is 0 Å². The van der Waals surface area contributed by atoms with Crippen molar-refractivity contribution in [3.05, 3.63) is 33.0 Å². The minimum Gasteiger partial charge on any atom is -0.308 e. The summed E-state index contributed by atoms with van der Waals surface area (Å²) >= 11 is 8.09. The second-order valence-electron chi connectivity index (χ2n) is 5.18. The molecule has 0 saturated heterocycles. The first-order chi connectivity index (χ1) is 10.0. The highest BCUT2D eigenvalue weighted by Gasteiger charge is 2.23. The number of rotatable bonds is 7. The molecule has 21 heavy (non-hydrogen) atoms. The molecule has 2 aromatic rings. The van der Waals surface area contributed by atoms with Crippen LogP contribution >= 0.6 is 22.9 Å². The summed E-state index contributed by atoms with van der Waals surface area (Å²) in [6.07, 6.45) is 3.65. The largest absolute Gasteiger partial charge is 0.308 e. The Hall–Kier alpha value is -0.950. The van der Waals surface area contributed by atoms with Crippen LogP contribution in [0.3, 0.4) is 0 Å². The van der Waals surface area contributed by atoms with Crippen LogP contribution in [0.1, 0.15) is 28.5 Å². The van der Waals surface area contributed by atoms with E-state index in [0.717, 1.165) is 30.3 Å². The lowest BCUT2D eigenvalue weighted by molar-refractivity contribution is 0.366. The molecule has 0 aromatic carbocycles. The van der Waals surface area contributed by atoms with Gasteiger partial charge in [-0.1, -0.05) is 18.5 Å². The van der Waals surface area contributed by atoms with E-state index in [9.17, 15) is 0 Å². The van der Waals surface area contributed by atoms with Crippen LogP contribution in [0, 0.1) is 6.92 Å². The van der Waals surface area contributed by atoms with Gasteiger partial charge in [-0.05, 0) is 27.6 Å². The van der Waals surface area contributed by atoms with E-state index in [1.807, 2.05) is 17.8 Å². The smallest absolute Gasteiger partial charge is 0.0897 e. The third-order valence-electron chi connectivity index (χ3n) is 3.20. The molecule has 2 heterocycles. The molecule has 0 aliphatic heterocycles. The molecule has 2 aromatic heterocycles. The van der Waals surface area contributed by atoms with Crippen LogP contribution in [0.5, 0.6) is 0 Å². The van der Waals surface area contributed by atoms with Crippen molar-refractivity contribution >= 4 is 22.9 Å². The highest BCUT2D eigenvalue weighted by Crippen LogP contribution is 2.31. The summed E-state index contributed by atoms with van der Waals surface area (Å²) in [6, 6.07) is 0.0402. The zero-order valence-electron chi connectivity index (χ0n) is 12.9. The molecular formula is C14H22ClN5S. The molecule has 1 unspecified atom stereocenters. The van der Waals surface area contributed by atoms with Crippen LogP contribution in [0.25, 0.3) is 0 Å². The molecule has 0 aliphatic rings. The first kappa shape index (κ1) is 16.4. The van der Waals surface area contributed by atoms with Gasteiger partial charge in [0.1, 0.15) is 0 Å². The predicted octanol–water partition coefficient (Wildman–Crippen LogP) is 2.56. The van der Waals surface area contributed by atoms with Crippen molar-refractivity contribution in [1.82, 2.24) is 25.0 Å². The molecule has 7 heteroatoms. The van der Waals surface area contributed by atoms with Gasteiger partial charge in [-0.25, -0.2) is 4.98 Å². The van der Waals surface area contributed by atoms with Gasteiger partial charge < -0.3 is 10.2 Å². The van der Waals surface area contributed by atoms with E-state index >= 15 is 0 Å². The lowest BCUT2D eigenvalue weighted by atomic mass is 10.1. The molecule has 1 N–H and O–H groups in total. The predicted molar refractivity (Wildman–Crippen MR) is 88.2 cm³/mol. The number of aromatic nitrogens is 3. The number of hydrogen-bond donors (Lipinski definition) is 1. The van der Waals surface area contributed by atoms with Gasteiger partial charge in [0, 0.05) is 17.6 Å². The summed E-state index contributed by atoms with van der Waals surface area (Å²) in [6.45, 7) is 6.70. The third-order valence-corrected chi connectivity index (χ3v) is 4.47. The van der Waals surface area contributed by atoms with E-state index in [1.54, 1.807) is 17.5 Å². The third kappa shape index (κ3) is 4.03. The Bertz CT molecular complexity index is 578. The summed E-state index contributed by atoms with van der Waals surface area (Å²) in [5.74, 6) is 0. The van der Waals surface area contributed by atoms with Crippen molar-refractivity contribution in [2.75, 3.05) is 27.2 Å². The summed E-state index contributed by atoms with van der Waals surface area (Å²) in [4.78, 5) is 7.67. The molecule has 0 aliphatic carbocycles. The molecule has 0 amide bonds. The molecule has 116 valence electrons. The first-order valence-electron chi connectivity index (χ1n) is 7.04. The number of hydrogen-bond acceptors (Lipinski definition) is 5. The fourth-order valence-electron chi connectivity index (χ4n) is 2.18. The number of likely N-dealkylation sites (N-methyl/N-ethyl adjacent to an activating group) is 1. The van der Waals surface area contributed by atoms with Gasteiger partial charge in [0.15, 0.2) is 0 Å². The molecule has 0 bridgehead atoms. The summed E-state index contributed by atoms with van der Waals surface area (Å²) in [7, 11) is 4.11. The van der Waals surface area contributed by atoms with E-state index < -0.39 is 0 Å². The maximum Gasteiger partial charge on any atom is 0.0897 e. The van der Waals surface area contributed by atoms with Gasteiger partial charge in [-0.3, -0.25) is 4.68 Å². The van der Waals surface area contributed by atoms with E-state index in [4.69, 9.17) is 11.6 Å². The summed E-state index contributed by atoms with van der Waals surface area (Å²) in [5, 5.41) is 9.68. The van der Waals surface area contributed by atoms with E-state index in [1.165, 1.54) is 4.88 Å². The second-order valence-corrected chi connectivity index (χ2v) is 6.85. The number of thiazole rings is 1. The van der Waals surface area contributed by atoms with Crippen molar-refractivity contribution in [2.24, 2.45) is 0 Å². The summed E-state index contributed by atoms with van der Waals surface area (Å²) in [5.41, 5.74) is 1.02. The fourth-order valence-corrected chi connectivity index (χ4v) is 3.29. The Morgan fingerprint density at radius 2 is 2.19 bits per heavy atom. The van der Waals surface area contributed by atoms with Crippen molar-refractivity contribution in [3.63, 3.8) is 0 Å². The Kier molecular flexibility index (Phi) is 5.75. The average Bonchev–Trinajstić information content (AvgIpc) is 3.00. The highest BCUT2D eigenvalue weighted by molar-refractivity contribution is 7.11. The number of halogens is 1. The zero-order valence-corrected chi connectivity index (χ0v) is 14.5. The quantitative estimate of drug-likeness (QED) is 0.849. The fraction of sp³-hybridized carbons (Fsp3) is 0.571. The number of nitrogens with one attached hydrogen (secondary N) is 1. The van der Waals surface area contributed by atoms with Crippen LogP contribution in [0.2, 0.25) is 5.02 Å². The standard InChI is InChI=1S/C14H22ClN5S/c1-5-16-13(12-9-17-10(2)21-12)14-11(15)8-18-20(14)7-6-19(3)4/h8-9,13,16H,5-7H2,1-4H3. The van der Waals surface area contributed by atoms with Crippen molar-refractivity contribution in [2.45, 2.75) is 26.4 Å². The van der Waals surface area contributed by atoms with Gasteiger partial charge in [-0.15, -0.1) is 11.3 Å². The monoisotopic (exact) mass is 327 g/mol. The van der Waals surface area contributed by atoms with Gasteiger partial charge >= 0.3 is 0 Å². The van der Waals surface area contributed by atoms with Crippen LogP contribution < -0.4 is 5.32 Å². The zero-order chi connectivity index (χ0) is 15.4.